The predicted octanol–water partition coefficient (Wildman–Crippen LogP) is 4.13. The van der Waals surface area contributed by atoms with Crippen LogP contribution in [0.25, 0.3) is 0 Å². The van der Waals surface area contributed by atoms with E-state index in [1.54, 1.807) is 0 Å². The largest absolute Gasteiger partial charge is 0.376 e. The third-order valence-corrected chi connectivity index (χ3v) is 5.64. The molecular weight excluding hydrogens is 228 g/mol. The molecule has 0 amide bonds. The molecule has 1 aromatic carbocycles. The lowest BCUT2D eigenvalue weighted by atomic mass is 9.86. The van der Waals surface area contributed by atoms with Crippen molar-refractivity contribution in [3.63, 3.8) is 0 Å². The third-order valence-electron chi connectivity index (χ3n) is 4.09. The molecule has 2 aliphatic rings. The minimum atomic E-state index is 0.360. The number of ether oxygens (including phenoxy) is 1. The van der Waals surface area contributed by atoms with Crippen molar-refractivity contribution in [2.24, 2.45) is 5.92 Å². The van der Waals surface area contributed by atoms with Gasteiger partial charge in [-0.1, -0.05) is 38.0 Å². The molecule has 0 bridgehead atoms. The molecule has 0 unspecified atom stereocenters. The van der Waals surface area contributed by atoms with Gasteiger partial charge in [-0.05, 0) is 25.0 Å². The van der Waals surface area contributed by atoms with Crippen molar-refractivity contribution >= 4 is 11.8 Å². The molecule has 0 aromatic heterocycles. The van der Waals surface area contributed by atoms with E-state index < -0.39 is 0 Å². The maximum atomic E-state index is 5.88. The Morgan fingerprint density at radius 3 is 2.41 bits per heavy atom. The summed E-state index contributed by atoms with van der Waals surface area (Å²) in [6.07, 6.45) is 5.86. The second kappa shape index (κ2) is 4.66. The summed E-state index contributed by atoms with van der Waals surface area (Å²) >= 11 is 2.06. The van der Waals surface area contributed by atoms with Crippen LogP contribution in [-0.2, 0) is 4.74 Å². The molecule has 3 rings (SSSR count). The van der Waals surface area contributed by atoms with Crippen LogP contribution in [0, 0.1) is 5.92 Å². The van der Waals surface area contributed by atoms with Crippen molar-refractivity contribution in [1.82, 2.24) is 0 Å². The Labute approximate surface area is 108 Å². The lowest BCUT2D eigenvalue weighted by molar-refractivity contribution is -0.124. The molecule has 1 aromatic rings. The maximum absolute atomic E-state index is 5.88. The summed E-state index contributed by atoms with van der Waals surface area (Å²) in [5.41, 5.74) is 0. The number of benzene rings is 1. The number of hydrogen-bond donors (Lipinski definition) is 0. The van der Waals surface area contributed by atoms with Crippen LogP contribution in [0.2, 0.25) is 0 Å². The average molecular weight is 248 g/mol. The molecule has 1 saturated carbocycles. The maximum Gasteiger partial charge on any atom is 0.0772 e. The zero-order valence-electron chi connectivity index (χ0n) is 10.4. The standard InChI is InChI=1S/C15H20OS/c1-12-11-16-14(12)15(9-5-6-10-15)17-13-7-3-2-4-8-13/h2-4,7-8,12,14H,5-6,9-11H2,1H3/t12-,14+/m1/s1. The minimum absolute atomic E-state index is 0.360. The van der Waals surface area contributed by atoms with Crippen LogP contribution >= 0.6 is 11.8 Å². The van der Waals surface area contributed by atoms with Gasteiger partial charge in [0.25, 0.3) is 0 Å². The second-order valence-electron chi connectivity index (χ2n) is 5.42. The van der Waals surface area contributed by atoms with E-state index in [1.807, 2.05) is 0 Å². The highest BCUT2D eigenvalue weighted by Gasteiger charge is 2.49. The first-order valence-corrected chi connectivity index (χ1v) is 7.47. The highest BCUT2D eigenvalue weighted by molar-refractivity contribution is 8.00. The fraction of sp³-hybridized carbons (Fsp3) is 0.600. The lowest BCUT2D eigenvalue weighted by Crippen LogP contribution is -2.52. The SMILES string of the molecule is C[C@@H]1CO[C@@H]1C1(Sc2ccccc2)CCCC1. The molecule has 1 aliphatic carbocycles. The number of rotatable bonds is 3. The van der Waals surface area contributed by atoms with Gasteiger partial charge in [-0.25, -0.2) is 0 Å². The van der Waals surface area contributed by atoms with E-state index in [9.17, 15) is 0 Å². The van der Waals surface area contributed by atoms with E-state index in [1.165, 1.54) is 30.6 Å². The van der Waals surface area contributed by atoms with Crippen molar-refractivity contribution < 1.29 is 4.74 Å². The van der Waals surface area contributed by atoms with Crippen molar-refractivity contribution in [2.45, 2.75) is 48.4 Å². The van der Waals surface area contributed by atoms with Gasteiger partial charge in [0.05, 0.1) is 12.7 Å². The van der Waals surface area contributed by atoms with Crippen LogP contribution in [0.3, 0.4) is 0 Å². The van der Waals surface area contributed by atoms with Gasteiger partial charge in [0.2, 0.25) is 0 Å². The van der Waals surface area contributed by atoms with E-state index >= 15 is 0 Å². The van der Waals surface area contributed by atoms with Gasteiger partial charge in [-0.2, -0.15) is 0 Å². The van der Waals surface area contributed by atoms with Gasteiger partial charge in [0.1, 0.15) is 0 Å². The second-order valence-corrected chi connectivity index (χ2v) is 6.91. The molecule has 2 atom stereocenters. The molecule has 92 valence electrons. The molecular formula is C15H20OS. The molecule has 0 radical (unpaired) electrons. The lowest BCUT2D eigenvalue weighted by Gasteiger charge is -2.46. The summed E-state index contributed by atoms with van der Waals surface area (Å²) in [4.78, 5) is 1.40. The Morgan fingerprint density at radius 2 is 1.88 bits per heavy atom. The average Bonchev–Trinajstić information content (AvgIpc) is 2.77. The topological polar surface area (TPSA) is 9.23 Å². The van der Waals surface area contributed by atoms with E-state index in [0.717, 1.165) is 12.5 Å². The van der Waals surface area contributed by atoms with Gasteiger partial charge in [-0.3, -0.25) is 0 Å². The molecule has 17 heavy (non-hydrogen) atoms. The summed E-state index contributed by atoms with van der Waals surface area (Å²) in [7, 11) is 0. The van der Waals surface area contributed by atoms with Gasteiger partial charge in [0, 0.05) is 15.6 Å². The zero-order chi connectivity index (χ0) is 11.7. The molecule has 1 aliphatic heterocycles. The molecule has 2 heteroatoms. The fourth-order valence-corrected chi connectivity index (χ4v) is 4.87. The fourth-order valence-electron chi connectivity index (χ4n) is 3.20. The Morgan fingerprint density at radius 1 is 1.18 bits per heavy atom. The summed E-state index contributed by atoms with van der Waals surface area (Å²) in [5.74, 6) is 0.740. The summed E-state index contributed by atoms with van der Waals surface area (Å²) in [6, 6.07) is 10.8. The van der Waals surface area contributed by atoms with Crippen LogP contribution in [0.15, 0.2) is 35.2 Å². The van der Waals surface area contributed by atoms with Crippen LogP contribution < -0.4 is 0 Å². The molecule has 0 N–H and O–H groups in total. The van der Waals surface area contributed by atoms with E-state index in [-0.39, 0.29) is 0 Å². The van der Waals surface area contributed by atoms with Gasteiger partial charge in [0.15, 0.2) is 0 Å². The van der Waals surface area contributed by atoms with Crippen LogP contribution in [-0.4, -0.2) is 17.5 Å². The first kappa shape index (κ1) is 11.6. The molecule has 1 saturated heterocycles. The van der Waals surface area contributed by atoms with Crippen LogP contribution in [0.5, 0.6) is 0 Å². The van der Waals surface area contributed by atoms with Crippen molar-refractivity contribution in [1.29, 1.82) is 0 Å². The van der Waals surface area contributed by atoms with Crippen molar-refractivity contribution in [3.8, 4) is 0 Å². The third kappa shape index (κ3) is 2.13. The molecule has 1 heterocycles. The predicted molar refractivity (Wildman–Crippen MR) is 72.4 cm³/mol. The monoisotopic (exact) mass is 248 g/mol. The highest BCUT2D eigenvalue weighted by Crippen LogP contribution is 2.52. The normalized spacial score (nSPS) is 31.1. The Kier molecular flexibility index (Phi) is 3.18. The summed E-state index contributed by atoms with van der Waals surface area (Å²) in [6.45, 7) is 3.29. The molecule has 0 spiro atoms. The summed E-state index contributed by atoms with van der Waals surface area (Å²) in [5, 5.41) is 0. The van der Waals surface area contributed by atoms with Crippen LogP contribution in [0.4, 0.5) is 0 Å². The van der Waals surface area contributed by atoms with E-state index in [0.29, 0.717) is 10.9 Å². The van der Waals surface area contributed by atoms with Crippen molar-refractivity contribution in [3.05, 3.63) is 30.3 Å². The smallest absolute Gasteiger partial charge is 0.0772 e. The zero-order valence-corrected chi connectivity index (χ0v) is 11.2. The number of thioether (sulfide) groups is 1. The quantitative estimate of drug-likeness (QED) is 0.795. The van der Waals surface area contributed by atoms with E-state index in [2.05, 4.69) is 49.0 Å². The molecule has 2 fully saturated rings. The first-order valence-electron chi connectivity index (χ1n) is 6.66. The number of hydrogen-bond acceptors (Lipinski definition) is 2. The minimum Gasteiger partial charge on any atom is -0.376 e. The van der Waals surface area contributed by atoms with E-state index in [4.69, 9.17) is 4.74 Å². The summed E-state index contributed by atoms with van der Waals surface area (Å²) < 4.78 is 6.24. The first-order chi connectivity index (χ1) is 8.30. The highest BCUT2D eigenvalue weighted by atomic mass is 32.2. The van der Waals surface area contributed by atoms with Crippen LogP contribution in [0.1, 0.15) is 32.6 Å². The van der Waals surface area contributed by atoms with Gasteiger partial charge in [-0.15, -0.1) is 11.8 Å². The Bertz CT molecular complexity index is 370. The van der Waals surface area contributed by atoms with Crippen molar-refractivity contribution in [2.75, 3.05) is 6.61 Å². The Balaban J connectivity index is 1.80. The molecule has 1 nitrogen and oxygen atoms in total. The Hall–Kier alpha value is -0.470. The van der Waals surface area contributed by atoms with Gasteiger partial charge < -0.3 is 4.74 Å². The van der Waals surface area contributed by atoms with Gasteiger partial charge >= 0.3 is 0 Å².